The predicted octanol–water partition coefficient (Wildman–Crippen LogP) is 3.00. The summed E-state index contributed by atoms with van der Waals surface area (Å²) in [6.45, 7) is 4.82. The molecule has 1 atom stereocenters. The Kier molecular flexibility index (Phi) is 5.59. The van der Waals surface area contributed by atoms with Crippen LogP contribution in [0, 0.1) is 19.8 Å². The summed E-state index contributed by atoms with van der Waals surface area (Å²) in [6, 6.07) is 0. The second-order valence-electron chi connectivity index (χ2n) is 7.09. The molecule has 2 aromatic rings. The zero-order valence-corrected chi connectivity index (χ0v) is 16.1. The molecule has 6 heteroatoms. The number of nitrogens with one attached hydrogen (secondary N) is 1. The number of aryl methyl sites for hydroxylation is 3. The number of carbonyl (C=O) groups is 1. The summed E-state index contributed by atoms with van der Waals surface area (Å²) in [7, 11) is 3.49. The van der Waals surface area contributed by atoms with Gasteiger partial charge >= 0.3 is 0 Å². The lowest BCUT2D eigenvalue weighted by molar-refractivity contribution is -0.121. The maximum Gasteiger partial charge on any atom is 0.242 e. The molecule has 26 heavy (non-hydrogen) atoms. The lowest BCUT2D eigenvalue weighted by Crippen LogP contribution is -2.29. The van der Waals surface area contributed by atoms with Crippen molar-refractivity contribution in [3.63, 3.8) is 0 Å². The van der Waals surface area contributed by atoms with Crippen LogP contribution in [0.4, 0.5) is 0 Å². The van der Waals surface area contributed by atoms with E-state index in [-0.39, 0.29) is 5.91 Å². The zero-order chi connectivity index (χ0) is 18.7. The minimum atomic E-state index is 0.108. The number of hydrogen-bond acceptors (Lipinski definition) is 4. The maximum atomic E-state index is 12.3. The van der Waals surface area contributed by atoms with E-state index < -0.39 is 0 Å². The molecule has 1 N–H and O–H groups in total. The third kappa shape index (κ3) is 3.74. The fourth-order valence-corrected chi connectivity index (χ4v) is 3.73. The Labute approximate surface area is 154 Å². The summed E-state index contributed by atoms with van der Waals surface area (Å²) in [6.07, 6.45) is 8.94. The monoisotopic (exact) mass is 356 g/mol. The molecule has 0 aliphatic heterocycles. The first-order valence-electron chi connectivity index (χ1n) is 9.29. The van der Waals surface area contributed by atoms with Gasteiger partial charge in [0.2, 0.25) is 11.8 Å². The fraction of sp³-hybridized carbons (Fsp3) is 0.550. The highest BCUT2D eigenvalue weighted by Gasteiger charge is 2.18. The average Bonchev–Trinajstić information content (AvgIpc) is 2.96. The second-order valence-corrected chi connectivity index (χ2v) is 7.09. The first kappa shape index (κ1) is 18.4. The van der Waals surface area contributed by atoms with Crippen molar-refractivity contribution in [3.8, 4) is 5.88 Å². The van der Waals surface area contributed by atoms with Crippen LogP contribution in [-0.2, 0) is 18.3 Å². The molecule has 0 saturated carbocycles. The summed E-state index contributed by atoms with van der Waals surface area (Å²) in [5.41, 5.74) is 3.98. The second kappa shape index (κ2) is 7.89. The number of amides is 1. The Balaban J connectivity index is 1.68. The normalized spacial score (nSPS) is 16.8. The van der Waals surface area contributed by atoms with Gasteiger partial charge in [-0.05, 0) is 56.6 Å². The van der Waals surface area contributed by atoms with Crippen molar-refractivity contribution < 1.29 is 9.53 Å². The molecule has 0 fully saturated rings. The standard InChI is InChI=1S/C20H28N4O2/c1-13-16(10-11-17(25)21-12-15-8-6-5-7-9-15)14(2)22-19-18(13)20(26-4)23-24(19)3/h5-6,15H,7-12H2,1-4H3,(H,21,25)/t15-/m0/s1. The van der Waals surface area contributed by atoms with E-state index in [0.717, 1.165) is 53.7 Å². The SMILES string of the molecule is COc1nn(C)c2nc(C)c(CCC(=O)NC[C@H]3CC=CCC3)c(C)c12. The number of carbonyl (C=O) groups excluding carboxylic acids is 1. The van der Waals surface area contributed by atoms with Crippen LogP contribution in [0.1, 0.15) is 42.5 Å². The maximum absolute atomic E-state index is 12.3. The lowest BCUT2D eigenvalue weighted by Gasteiger charge is -2.18. The molecule has 1 amide bonds. The number of ether oxygens (including phenoxy) is 1. The third-order valence-electron chi connectivity index (χ3n) is 5.28. The molecular weight excluding hydrogens is 328 g/mol. The van der Waals surface area contributed by atoms with Crippen LogP contribution in [0.3, 0.4) is 0 Å². The molecule has 1 aliphatic carbocycles. The minimum Gasteiger partial charge on any atom is -0.479 e. The van der Waals surface area contributed by atoms with Gasteiger partial charge < -0.3 is 10.1 Å². The molecule has 0 radical (unpaired) electrons. The van der Waals surface area contributed by atoms with Gasteiger partial charge in [0.15, 0.2) is 5.65 Å². The summed E-state index contributed by atoms with van der Waals surface area (Å²) in [5.74, 6) is 1.27. The van der Waals surface area contributed by atoms with Crippen molar-refractivity contribution >= 4 is 16.9 Å². The van der Waals surface area contributed by atoms with Gasteiger partial charge in [-0.25, -0.2) is 9.67 Å². The summed E-state index contributed by atoms with van der Waals surface area (Å²) >= 11 is 0. The van der Waals surface area contributed by atoms with Crippen LogP contribution in [0.5, 0.6) is 5.88 Å². The molecule has 2 aromatic heterocycles. The van der Waals surface area contributed by atoms with E-state index in [4.69, 9.17) is 4.74 Å². The molecule has 6 nitrogen and oxygen atoms in total. The lowest BCUT2D eigenvalue weighted by atomic mass is 9.94. The van der Waals surface area contributed by atoms with Crippen LogP contribution >= 0.6 is 0 Å². The van der Waals surface area contributed by atoms with Crippen molar-refractivity contribution in [2.75, 3.05) is 13.7 Å². The Morgan fingerprint density at radius 3 is 2.88 bits per heavy atom. The molecule has 1 aliphatic rings. The van der Waals surface area contributed by atoms with Crippen LogP contribution < -0.4 is 10.1 Å². The van der Waals surface area contributed by atoms with Crippen molar-refractivity contribution in [1.29, 1.82) is 0 Å². The quantitative estimate of drug-likeness (QED) is 0.808. The van der Waals surface area contributed by atoms with Crippen molar-refractivity contribution in [2.45, 2.75) is 46.0 Å². The Hall–Kier alpha value is -2.37. The molecule has 0 saturated heterocycles. The van der Waals surface area contributed by atoms with Crippen molar-refractivity contribution in [3.05, 3.63) is 29.0 Å². The first-order chi connectivity index (χ1) is 12.5. The molecule has 2 heterocycles. The summed E-state index contributed by atoms with van der Waals surface area (Å²) in [5, 5.41) is 8.40. The first-order valence-corrected chi connectivity index (χ1v) is 9.29. The van der Waals surface area contributed by atoms with Crippen LogP contribution in [-0.4, -0.2) is 34.3 Å². The van der Waals surface area contributed by atoms with Crippen LogP contribution in [0.25, 0.3) is 11.0 Å². The Bertz CT molecular complexity index is 838. The smallest absolute Gasteiger partial charge is 0.242 e. The van der Waals surface area contributed by atoms with Gasteiger partial charge in [-0.2, -0.15) is 0 Å². The number of rotatable bonds is 6. The molecule has 0 spiro atoms. The number of allylic oxidation sites excluding steroid dienone is 2. The van der Waals surface area contributed by atoms with E-state index in [2.05, 4.69) is 34.5 Å². The van der Waals surface area contributed by atoms with E-state index in [1.54, 1.807) is 11.8 Å². The number of nitrogens with zero attached hydrogens (tertiary/aromatic N) is 3. The zero-order valence-electron chi connectivity index (χ0n) is 16.1. The van der Waals surface area contributed by atoms with Gasteiger partial charge in [-0.1, -0.05) is 12.2 Å². The number of pyridine rings is 1. The highest BCUT2D eigenvalue weighted by atomic mass is 16.5. The molecule has 3 rings (SSSR count). The molecular formula is C20H28N4O2. The minimum absolute atomic E-state index is 0.108. The predicted molar refractivity (Wildman–Crippen MR) is 102 cm³/mol. The highest BCUT2D eigenvalue weighted by Crippen LogP contribution is 2.30. The number of hydrogen-bond donors (Lipinski definition) is 1. The average molecular weight is 356 g/mol. The molecule has 0 bridgehead atoms. The van der Waals surface area contributed by atoms with Gasteiger partial charge in [0.25, 0.3) is 0 Å². The summed E-state index contributed by atoms with van der Waals surface area (Å²) < 4.78 is 7.14. The van der Waals surface area contributed by atoms with Crippen molar-refractivity contribution in [2.24, 2.45) is 13.0 Å². The van der Waals surface area contributed by atoms with E-state index in [0.29, 0.717) is 24.6 Å². The third-order valence-corrected chi connectivity index (χ3v) is 5.28. The van der Waals surface area contributed by atoms with Crippen molar-refractivity contribution in [1.82, 2.24) is 20.1 Å². The number of aromatic nitrogens is 3. The van der Waals surface area contributed by atoms with E-state index >= 15 is 0 Å². The molecule has 140 valence electrons. The fourth-order valence-electron chi connectivity index (χ4n) is 3.73. The highest BCUT2D eigenvalue weighted by molar-refractivity contribution is 5.86. The Morgan fingerprint density at radius 2 is 2.19 bits per heavy atom. The number of fused-ring (bicyclic) bond motifs is 1. The van der Waals surface area contributed by atoms with Gasteiger partial charge in [-0.15, -0.1) is 5.10 Å². The van der Waals surface area contributed by atoms with Crippen LogP contribution in [0.2, 0.25) is 0 Å². The van der Waals surface area contributed by atoms with E-state index in [1.807, 2.05) is 14.0 Å². The van der Waals surface area contributed by atoms with E-state index in [9.17, 15) is 4.79 Å². The largest absolute Gasteiger partial charge is 0.479 e. The van der Waals surface area contributed by atoms with E-state index in [1.165, 1.54) is 0 Å². The Morgan fingerprint density at radius 1 is 1.38 bits per heavy atom. The molecule has 0 unspecified atom stereocenters. The summed E-state index contributed by atoms with van der Waals surface area (Å²) in [4.78, 5) is 17.0. The number of methoxy groups -OCH3 is 1. The van der Waals surface area contributed by atoms with Gasteiger partial charge in [0.05, 0.1) is 12.5 Å². The van der Waals surface area contributed by atoms with Gasteiger partial charge in [0.1, 0.15) is 0 Å². The molecule has 0 aromatic carbocycles. The topological polar surface area (TPSA) is 69.0 Å². The van der Waals surface area contributed by atoms with Crippen LogP contribution in [0.15, 0.2) is 12.2 Å². The van der Waals surface area contributed by atoms with Gasteiger partial charge in [-0.3, -0.25) is 4.79 Å². The van der Waals surface area contributed by atoms with Gasteiger partial charge in [0, 0.05) is 25.7 Å².